The number of ether oxygens (including phenoxy) is 1. The monoisotopic (exact) mass is 324 g/mol. The standard InChI is InChI=1S/C14H10BrFO3/c15-12-6-3-10(14(17)18)7-13(12)19-8-9-1-4-11(16)5-2-9/h1-7H,8H2,(H,17,18). The predicted molar refractivity (Wildman–Crippen MR) is 71.8 cm³/mol. The topological polar surface area (TPSA) is 46.5 Å². The van der Waals surface area contributed by atoms with Crippen LogP contribution in [0.25, 0.3) is 0 Å². The molecule has 0 aliphatic rings. The van der Waals surface area contributed by atoms with Crippen molar-refractivity contribution in [2.45, 2.75) is 6.61 Å². The van der Waals surface area contributed by atoms with Crippen LogP contribution in [0.3, 0.4) is 0 Å². The normalized spacial score (nSPS) is 10.2. The van der Waals surface area contributed by atoms with Crippen LogP contribution < -0.4 is 4.74 Å². The molecule has 3 nitrogen and oxygen atoms in total. The minimum Gasteiger partial charge on any atom is -0.488 e. The molecule has 98 valence electrons. The molecule has 0 fully saturated rings. The van der Waals surface area contributed by atoms with Crippen molar-refractivity contribution in [1.29, 1.82) is 0 Å². The second kappa shape index (κ2) is 5.84. The lowest BCUT2D eigenvalue weighted by Crippen LogP contribution is -2.00. The van der Waals surface area contributed by atoms with E-state index in [1.807, 2.05) is 0 Å². The highest BCUT2D eigenvalue weighted by Gasteiger charge is 2.08. The minimum atomic E-state index is -1.01. The van der Waals surface area contributed by atoms with Crippen LogP contribution in [0.2, 0.25) is 0 Å². The Balaban J connectivity index is 2.12. The summed E-state index contributed by atoms with van der Waals surface area (Å²) in [5, 5.41) is 8.90. The molecule has 0 saturated heterocycles. The van der Waals surface area contributed by atoms with Gasteiger partial charge < -0.3 is 9.84 Å². The molecular formula is C14H10BrFO3. The van der Waals surface area contributed by atoms with Crippen LogP contribution in [0, 0.1) is 5.82 Å². The van der Waals surface area contributed by atoms with Gasteiger partial charge in [0.1, 0.15) is 18.2 Å². The van der Waals surface area contributed by atoms with E-state index in [4.69, 9.17) is 9.84 Å². The molecule has 2 aromatic rings. The molecule has 5 heteroatoms. The van der Waals surface area contributed by atoms with E-state index >= 15 is 0 Å². The van der Waals surface area contributed by atoms with Crippen LogP contribution in [-0.4, -0.2) is 11.1 Å². The number of rotatable bonds is 4. The maximum atomic E-state index is 12.7. The van der Waals surface area contributed by atoms with Gasteiger partial charge in [0.15, 0.2) is 0 Å². The molecule has 0 aliphatic carbocycles. The van der Waals surface area contributed by atoms with Gasteiger partial charge in [-0.25, -0.2) is 9.18 Å². The van der Waals surface area contributed by atoms with Crippen LogP contribution in [-0.2, 0) is 6.61 Å². The Labute approximate surface area is 117 Å². The first-order valence-corrected chi connectivity index (χ1v) is 6.25. The van der Waals surface area contributed by atoms with E-state index in [-0.39, 0.29) is 18.0 Å². The van der Waals surface area contributed by atoms with Crippen LogP contribution in [0.4, 0.5) is 4.39 Å². The molecule has 0 saturated carbocycles. The van der Waals surface area contributed by atoms with Gasteiger partial charge in [-0.15, -0.1) is 0 Å². The molecule has 1 N–H and O–H groups in total. The van der Waals surface area contributed by atoms with E-state index in [9.17, 15) is 9.18 Å². The third kappa shape index (κ3) is 3.54. The third-order valence-electron chi connectivity index (χ3n) is 2.49. The number of hydrogen-bond donors (Lipinski definition) is 1. The van der Waals surface area contributed by atoms with E-state index in [2.05, 4.69) is 15.9 Å². The van der Waals surface area contributed by atoms with Crippen molar-refractivity contribution in [3.05, 3.63) is 63.9 Å². The number of carboxylic acids is 1. The molecule has 0 aliphatic heterocycles. The lowest BCUT2D eigenvalue weighted by Gasteiger charge is -2.09. The van der Waals surface area contributed by atoms with Crippen LogP contribution in [0.15, 0.2) is 46.9 Å². The summed E-state index contributed by atoms with van der Waals surface area (Å²) in [4.78, 5) is 10.9. The first-order valence-electron chi connectivity index (χ1n) is 5.46. The lowest BCUT2D eigenvalue weighted by molar-refractivity contribution is 0.0696. The Morgan fingerprint density at radius 3 is 2.53 bits per heavy atom. The largest absolute Gasteiger partial charge is 0.488 e. The maximum absolute atomic E-state index is 12.7. The number of aromatic carboxylic acids is 1. The van der Waals surface area contributed by atoms with E-state index in [0.717, 1.165) is 5.56 Å². The molecule has 0 bridgehead atoms. The highest BCUT2D eigenvalue weighted by atomic mass is 79.9. The number of halogens is 2. The highest BCUT2D eigenvalue weighted by molar-refractivity contribution is 9.10. The molecule has 0 aromatic heterocycles. The van der Waals surface area contributed by atoms with Crippen molar-refractivity contribution in [3.8, 4) is 5.75 Å². The summed E-state index contributed by atoms with van der Waals surface area (Å²) in [5.74, 6) is -0.888. The molecule has 2 aromatic carbocycles. The summed E-state index contributed by atoms with van der Waals surface area (Å²) in [6.07, 6.45) is 0. The molecule has 0 unspecified atom stereocenters. The van der Waals surface area contributed by atoms with Gasteiger partial charge in [0.05, 0.1) is 10.0 Å². The third-order valence-corrected chi connectivity index (χ3v) is 3.14. The van der Waals surface area contributed by atoms with Crippen LogP contribution >= 0.6 is 15.9 Å². The summed E-state index contributed by atoms with van der Waals surface area (Å²) in [5.41, 5.74) is 0.950. The Kier molecular flexibility index (Phi) is 4.16. The molecule has 2 rings (SSSR count). The van der Waals surface area contributed by atoms with Gasteiger partial charge in [-0.2, -0.15) is 0 Å². The van der Waals surface area contributed by atoms with Crippen molar-refractivity contribution in [1.82, 2.24) is 0 Å². The van der Waals surface area contributed by atoms with Gasteiger partial charge in [0, 0.05) is 0 Å². The number of benzene rings is 2. The molecule has 0 radical (unpaired) electrons. The van der Waals surface area contributed by atoms with Crippen molar-refractivity contribution in [3.63, 3.8) is 0 Å². The summed E-state index contributed by atoms with van der Waals surface area (Å²) >= 11 is 3.29. The maximum Gasteiger partial charge on any atom is 0.335 e. The van der Waals surface area contributed by atoms with Gasteiger partial charge in [0.25, 0.3) is 0 Å². The predicted octanol–water partition coefficient (Wildman–Crippen LogP) is 3.87. The average Bonchev–Trinajstić information content (AvgIpc) is 2.39. The van der Waals surface area contributed by atoms with E-state index in [1.165, 1.54) is 24.3 Å². The van der Waals surface area contributed by atoms with E-state index < -0.39 is 5.97 Å². The Hall–Kier alpha value is -1.88. The summed E-state index contributed by atoms with van der Waals surface area (Å²) in [6.45, 7) is 0.238. The number of carboxylic acid groups (broad SMARTS) is 1. The summed E-state index contributed by atoms with van der Waals surface area (Å²) in [7, 11) is 0. The quantitative estimate of drug-likeness (QED) is 0.928. The van der Waals surface area contributed by atoms with Gasteiger partial charge >= 0.3 is 5.97 Å². The number of hydrogen-bond acceptors (Lipinski definition) is 2. The van der Waals surface area contributed by atoms with Gasteiger partial charge in [-0.3, -0.25) is 0 Å². The van der Waals surface area contributed by atoms with Gasteiger partial charge in [-0.05, 0) is 51.8 Å². The zero-order chi connectivity index (χ0) is 13.8. The zero-order valence-corrected chi connectivity index (χ0v) is 11.4. The Morgan fingerprint density at radius 1 is 1.21 bits per heavy atom. The smallest absolute Gasteiger partial charge is 0.335 e. The molecule has 0 heterocycles. The summed E-state index contributed by atoms with van der Waals surface area (Å²) < 4.78 is 18.9. The first-order chi connectivity index (χ1) is 9.06. The Bertz CT molecular complexity index is 596. The SMILES string of the molecule is O=C(O)c1ccc(Br)c(OCc2ccc(F)cc2)c1. The van der Waals surface area contributed by atoms with E-state index in [0.29, 0.717) is 10.2 Å². The van der Waals surface area contributed by atoms with Crippen LogP contribution in [0.5, 0.6) is 5.75 Å². The second-order valence-corrected chi connectivity index (χ2v) is 4.72. The Morgan fingerprint density at radius 2 is 1.89 bits per heavy atom. The van der Waals surface area contributed by atoms with Crippen molar-refractivity contribution in [2.75, 3.05) is 0 Å². The number of carbonyl (C=O) groups is 1. The summed E-state index contributed by atoms with van der Waals surface area (Å²) in [6, 6.07) is 10.5. The van der Waals surface area contributed by atoms with Crippen molar-refractivity contribution >= 4 is 21.9 Å². The molecule has 0 atom stereocenters. The first kappa shape index (κ1) is 13.5. The van der Waals surface area contributed by atoms with Crippen molar-refractivity contribution < 1.29 is 19.0 Å². The fourth-order valence-corrected chi connectivity index (χ4v) is 1.85. The second-order valence-electron chi connectivity index (χ2n) is 3.87. The van der Waals surface area contributed by atoms with Crippen molar-refractivity contribution in [2.24, 2.45) is 0 Å². The molecule has 19 heavy (non-hydrogen) atoms. The van der Waals surface area contributed by atoms with Gasteiger partial charge in [-0.1, -0.05) is 12.1 Å². The average molecular weight is 325 g/mol. The highest BCUT2D eigenvalue weighted by Crippen LogP contribution is 2.27. The van der Waals surface area contributed by atoms with Gasteiger partial charge in [0.2, 0.25) is 0 Å². The van der Waals surface area contributed by atoms with Crippen LogP contribution in [0.1, 0.15) is 15.9 Å². The molecular weight excluding hydrogens is 315 g/mol. The fraction of sp³-hybridized carbons (Fsp3) is 0.0714. The molecule has 0 spiro atoms. The molecule has 0 amide bonds. The minimum absolute atomic E-state index is 0.150. The zero-order valence-electron chi connectivity index (χ0n) is 9.77. The van der Waals surface area contributed by atoms with E-state index in [1.54, 1.807) is 18.2 Å². The fourth-order valence-electron chi connectivity index (χ4n) is 1.49. The lowest BCUT2D eigenvalue weighted by atomic mass is 10.2.